The molecule has 14 heavy (non-hydrogen) atoms. The lowest BCUT2D eigenvalue weighted by Gasteiger charge is -2.22. The minimum Gasteiger partial charge on any atom is -0.325 e. The predicted molar refractivity (Wildman–Crippen MR) is 52.9 cm³/mol. The van der Waals surface area contributed by atoms with Gasteiger partial charge in [-0.25, -0.2) is 0 Å². The Morgan fingerprint density at radius 1 is 1.43 bits per heavy atom. The number of Topliss-reactive ketones (excluding diaryl/α,β-unsaturated/α-hetero) is 1. The van der Waals surface area contributed by atoms with Crippen molar-refractivity contribution in [2.24, 2.45) is 5.92 Å². The number of hydrogen-bond acceptors (Lipinski definition) is 2. The summed E-state index contributed by atoms with van der Waals surface area (Å²) < 4.78 is 0. The van der Waals surface area contributed by atoms with Crippen LogP contribution in [0, 0.1) is 5.92 Å². The molecule has 72 valence electrons. The molecule has 2 rings (SSSR count). The highest BCUT2D eigenvalue weighted by Crippen LogP contribution is 2.25. The van der Waals surface area contributed by atoms with Crippen molar-refractivity contribution in [3.8, 4) is 0 Å². The van der Waals surface area contributed by atoms with Gasteiger partial charge in [-0.2, -0.15) is 0 Å². The molecular formula is C11H11NO2. The first-order valence-corrected chi connectivity index (χ1v) is 4.57. The Morgan fingerprint density at radius 3 is 2.86 bits per heavy atom. The summed E-state index contributed by atoms with van der Waals surface area (Å²) in [4.78, 5) is 22.6. The van der Waals surface area contributed by atoms with Crippen LogP contribution in [0.1, 0.15) is 12.5 Å². The predicted octanol–water partition coefficient (Wildman–Crippen LogP) is 1.39. The number of rotatable bonds is 1. The van der Waals surface area contributed by atoms with Gasteiger partial charge >= 0.3 is 0 Å². The maximum atomic E-state index is 11.5. The highest BCUT2D eigenvalue weighted by Gasteiger charge is 2.28. The zero-order chi connectivity index (χ0) is 10.1. The van der Waals surface area contributed by atoms with Crippen molar-refractivity contribution in [2.75, 3.05) is 5.32 Å². The molecule has 3 heteroatoms. The molecular weight excluding hydrogens is 178 g/mol. The monoisotopic (exact) mass is 189 g/mol. The first kappa shape index (κ1) is 8.94. The van der Waals surface area contributed by atoms with Crippen LogP contribution in [-0.4, -0.2) is 11.7 Å². The van der Waals surface area contributed by atoms with Crippen molar-refractivity contribution in [2.45, 2.75) is 13.3 Å². The minimum absolute atomic E-state index is 0.0722. The Morgan fingerprint density at radius 2 is 2.14 bits per heavy atom. The molecule has 0 saturated heterocycles. The number of hydrogen-bond donors (Lipinski definition) is 1. The van der Waals surface area contributed by atoms with Gasteiger partial charge in [-0.3, -0.25) is 9.59 Å². The summed E-state index contributed by atoms with van der Waals surface area (Å²) >= 11 is 0. The van der Waals surface area contributed by atoms with E-state index in [2.05, 4.69) is 5.32 Å². The number of anilines is 1. The number of amides is 1. The standard InChI is InChI=1S/C11H11NO2/c1-7(13)9-6-8-4-2-3-5-10(8)12-11(9)14/h2-5,9H,6H2,1H3,(H,12,14). The maximum Gasteiger partial charge on any atom is 0.235 e. The van der Waals surface area contributed by atoms with Crippen LogP contribution in [0.2, 0.25) is 0 Å². The molecule has 1 aromatic carbocycles. The molecule has 0 radical (unpaired) electrons. The molecule has 1 atom stereocenters. The fourth-order valence-electron chi connectivity index (χ4n) is 1.68. The van der Waals surface area contributed by atoms with Crippen LogP contribution in [0.3, 0.4) is 0 Å². The highest BCUT2D eigenvalue weighted by molar-refractivity contribution is 6.08. The third-order valence-electron chi connectivity index (χ3n) is 2.51. The van der Waals surface area contributed by atoms with Gasteiger partial charge in [-0.05, 0) is 25.0 Å². The summed E-state index contributed by atoms with van der Waals surface area (Å²) in [5.41, 5.74) is 1.86. The fraction of sp³-hybridized carbons (Fsp3) is 0.273. The Hall–Kier alpha value is -1.64. The summed E-state index contributed by atoms with van der Waals surface area (Å²) in [5.74, 6) is -0.766. The number of nitrogens with one attached hydrogen (secondary N) is 1. The van der Waals surface area contributed by atoms with Crippen molar-refractivity contribution in [1.82, 2.24) is 0 Å². The van der Waals surface area contributed by atoms with Gasteiger partial charge in [-0.15, -0.1) is 0 Å². The topological polar surface area (TPSA) is 46.2 Å². The highest BCUT2D eigenvalue weighted by atomic mass is 16.2. The average molecular weight is 189 g/mol. The van der Waals surface area contributed by atoms with E-state index >= 15 is 0 Å². The summed E-state index contributed by atoms with van der Waals surface area (Å²) in [6, 6.07) is 7.56. The normalized spacial score (nSPS) is 19.8. The van der Waals surface area contributed by atoms with E-state index in [1.807, 2.05) is 24.3 Å². The minimum atomic E-state index is -0.509. The number of para-hydroxylation sites is 1. The van der Waals surface area contributed by atoms with Crippen molar-refractivity contribution in [1.29, 1.82) is 0 Å². The Balaban J connectivity index is 2.36. The van der Waals surface area contributed by atoms with E-state index in [9.17, 15) is 9.59 Å². The molecule has 1 amide bonds. The molecule has 1 heterocycles. The third kappa shape index (κ3) is 1.41. The largest absolute Gasteiger partial charge is 0.325 e. The first-order chi connectivity index (χ1) is 6.68. The summed E-state index contributed by atoms with van der Waals surface area (Å²) in [6.07, 6.45) is 0.525. The molecule has 0 aliphatic carbocycles. The van der Waals surface area contributed by atoms with E-state index in [-0.39, 0.29) is 11.7 Å². The van der Waals surface area contributed by atoms with E-state index in [1.54, 1.807) is 0 Å². The van der Waals surface area contributed by atoms with Crippen molar-refractivity contribution in [3.05, 3.63) is 29.8 Å². The molecule has 1 aromatic rings. The Labute approximate surface area is 82.1 Å². The average Bonchev–Trinajstić information content (AvgIpc) is 2.16. The quantitative estimate of drug-likeness (QED) is 0.678. The van der Waals surface area contributed by atoms with E-state index < -0.39 is 5.92 Å². The van der Waals surface area contributed by atoms with E-state index in [1.165, 1.54) is 6.92 Å². The van der Waals surface area contributed by atoms with Gasteiger partial charge < -0.3 is 5.32 Å². The summed E-state index contributed by atoms with van der Waals surface area (Å²) in [7, 11) is 0. The van der Waals surface area contributed by atoms with E-state index in [4.69, 9.17) is 0 Å². The Bertz CT molecular complexity index is 398. The first-order valence-electron chi connectivity index (χ1n) is 4.57. The van der Waals surface area contributed by atoms with Crippen LogP contribution >= 0.6 is 0 Å². The third-order valence-corrected chi connectivity index (χ3v) is 2.51. The van der Waals surface area contributed by atoms with Crippen LogP contribution in [0.15, 0.2) is 24.3 Å². The van der Waals surface area contributed by atoms with Gasteiger partial charge in [0.1, 0.15) is 11.7 Å². The second-order valence-corrected chi connectivity index (χ2v) is 3.51. The molecule has 1 unspecified atom stereocenters. The van der Waals surface area contributed by atoms with Gasteiger partial charge in [0.25, 0.3) is 0 Å². The zero-order valence-corrected chi connectivity index (χ0v) is 7.91. The lowest BCUT2D eigenvalue weighted by Crippen LogP contribution is -2.34. The lowest BCUT2D eigenvalue weighted by atomic mass is 9.91. The number of carbonyl (C=O) groups is 2. The molecule has 1 N–H and O–H groups in total. The Kier molecular flexibility index (Phi) is 2.08. The molecule has 0 spiro atoms. The van der Waals surface area contributed by atoms with Gasteiger partial charge in [0.2, 0.25) is 5.91 Å². The van der Waals surface area contributed by atoms with Gasteiger partial charge in [0.15, 0.2) is 0 Å². The van der Waals surface area contributed by atoms with Crippen molar-refractivity contribution < 1.29 is 9.59 Å². The van der Waals surface area contributed by atoms with Crippen LogP contribution in [-0.2, 0) is 16.0 Å². The summed E-state index contributed by atoms with van der Waals surface area (Å²) in [5, 5.41) is 2.73. The number of carbonyl (C=O) groups excluding carboxylic acids is 2. The van der Waals surface area contributed by atoms with Crippen LogP contribution in [0.4, 0.5) is 5.69 Å². The molecule has 0 fully saturated rings. The summed E-state index contributed by atoms with van der Waals surface area (Å²) in [6.45, 7) is 1.46. The number of fused-ring (bicyclic) bond motifs is 1. The van der Waals surface area contributed by atoms with Gasteiger partial charge in [0.05, 0.1) is 0 Å². The van der Waals surface area contributed by atoms with Gasteiger partial charge in [0, 0.05) is 5.69 Å². The van der Waals surface area contributed by atoms with Crippen LogP contribution < -0.4 is 5.32 Å². The van der Waals surface area contributed by atoms with Crippen molar-refractivity contribution >= 4 is 17.4 Å². The molecule has 1 aliphatic heterocycles. The molecule has 0 saturated carbocycles. The fourth-order valence-corrected chi connectivity index (χ4v) is 1.68. The lowest BCUT2D eigenvalue weighted by molar-refractivity contribution is -0.130. The van der Waals surface area contributed by atoms with Crippen LogP contribution in [0.25, 0.3) is 0 Å². The second-order valence-electron chi connectivity index (χ2n) is 3.51. The smallest absolute Gasteiger partial charge is 0.235 e. The maximum absolute atomic E-state index is 11.5. The van der Waals surface area contributed by atoms with E-state index in [0.717, 1.165) is 11.3 Å². The SMILES string of the molecule is CC(=O)C1Cc2ccccc2NC1=O. The molecule has 0 aromatic heterocycles. The van der Waals surface area contributed by atoms with E-state index in [0.29, 0.717) is 6.42 Å². The molecule has 3 nitrogen and oxygen atoms in total. The molecule has 0 bridgehead atoms. The van der Waals surface area contributed by atoms with Crippen LogP contribution in [0.5, 0.6) is 0 Å². The van der Waals surface area contributed by atoms with Gasteiger partial charge in [-0.1, -0.05) is 18.2 Å². The zero-order valence-electron chi connectivity index (χ0n) is 7.91. The second kappa shape index (κ2) is 3.25. The number of ketones is 1. The molecule has 1 aliphatic rings. The number of benzene rings is 1. The van der Waals surface area contributed by atoms with Crippen molar-refractivity contribution in [3.63, 3.8) is 0 Å².